The molecule has 1 amide bonds. The topological polar surface area (TPSA) is 76.1 Å². The van der Waals surface area contributed by atoms with Gasteiger partial charge in [-0.15, -0.1) is 0 Å². The summed E-state index contributed by atoms with van der Waals surface area (Å²) in [4.78, 5) is 27.2. The number of carbonyl (C=O) groups excluding carboxylic acids is 2. The summed E-state index contributed by atoms with van der Waals surface area (Å²) in [5, 5.41) is 11.7. The molecule has 7 heteroatoms. The Labute approximate surface area is 193 Å². The summed E-state index contributed by atoms with van der Waals surface area (Å²) in [5.41, 5.74) is 2.02. The van der Waals surface area contributed by atoms with Gasteiger partial charge in [0.2, 0.25) is 0 Å². The molecule has 3 rings (SSSR count). The van der Waals surface area contributed by atoms with Gasteiger partial charge in [-0.05, 0) is 54.8 Å². The maximum atomic E-state index is 13.0. The van der Waals surface area contributed by atoms with E-state index in [1.54, 1.807) is 42.5 Å². The lowest BCUT2D eigenvalue weighted by molar-refractivity contribution is -0.140. The van der Waals surface area contributed by atoms with E-state index in [1.165, 1.54) is 12.0 Å². The average molecular weight is 458 g/mol. The second-order valence-corrected chi connectivity index (χ2v) is 8.16. The quantitative estimate of drug-likeness (QED) is 0.251. The Balaban J connectivity index is 2.04. The highest BCUT2D eigenvalue weighted by Crippen LogP contribution is 2.40. The van der Waals surface area contributed by atoms with Crippen LogP contribution < -0.4 is 4.74 Å². The van der Waals surface area contributed by atoms with E-state index < -0.39 is 17.7 Å². The van der Waals surface area contributed by atoms with Crippen LogP contribution in [-0.2, 0) is 14.3 Å². The highest BCUT2D eigenvalue weighted by Gasteiger charge is 2.45. The van der Waals surface area contributed by atoms with Crippen LogP contribution in [0.1, 0.15) is 42.5 Å². The molecule has 0 saturated carbocycles. The Bertz CT molecular complexity index is 1020. The number of benzene rings is 2. The molecule has 1 heterocycles. The van der Waals surface area contributed by atoms with Crippen molar-refractivity contribution in [3.8, 4) is 5.75 Å². The van der Waals surface area contributed by atoms with Crippen LogP contribution in [0.3, 0.4) is 0 Å². The minimum absolute atomic E-state index is 0.0486. The van der Waals surface area contributed by atoms with Crippen LogP contribution >= 0.6 is 11.6 Å². The maximum absolute atomic E-state index is 13.0. The number of ether oxygens (including phenoxy) is 2. The summed E-state index contributed by atoms with van der Waals surface area (Å²) in [6, 6.07) is 11.4. The summed E-state index contributed by atoms with van der Waals surface area (Å²) in [6.07, 6.45) is 1.99. The van der Waals surface area contributed by atoms with Crippen LogP contribution in [0.4, 0.5) is 0 Å². The molecule has 1 fully saturated rings. The molecule has 0 spiro atoms. The molecular weight excluding hydrogens is 430 g/mol. The zero-order valence-electron chi connectivity index (χ0n) is 18.6. The second kappa shape index (κ2) is 10.7. The number of ketones is 1. The minimum atomic E-state index is -0.733. The SMILES string of the molecule is CCCCOc1ccc(/C(O)=C2\C(=O)C(=O)N(CCOC)C2c2ccc(Cl)cc2)cc1C. The molecule has 32 heavy (non-hydrogen) atoms. The normalized spacial score (nSPS) is 17.8. The molecule has 2 aromatic rings. The van der Waals surface area contributed by atoms with Gasteiger partial charge in [-0.2, -0.15) is 0 Å². The van der Waals surface area contributed by atoms with Crippen molar-refractivity contribution in [2.24, 2.45) is 0 Å². The number of amides is 1. The van der Waals surface area contributed by atoms with Crippen molar-refractivity contribution >= 4 is 29.1 Å². The predicted octanol–water partition coefficient (Wildman–Crippen LogP) is 4.90. The first kappa shape index (κ1) is 23.8. The summed E-state index contributed by atoms with van der Waals surface area (Å²) >= 11 is 6.03. The highest BCUT2D eigenvalue weighted by atomic mass is 35.5. The molecule has 6 nitrogen and oxygen atoms in total. The zero-order valence-corrected chi connectivity index (χ0v) is 19.3. The molecule has 1 N–H and O–H groups in total. The number of nitrogens with zero attached hydrogens (tertiary/aromatic N) is 1. The van der Waals surface area contributed by atoms with E-state index in [9.17, 15) is 14.7 Å². The lowest BCUT2D eigenvalue weighted by atomic mass is 9.95. The molecule has 0 aromatic heterocycles. The van der Waals surface area contributed by atoms with Crippen LogP contribution in [0.5, 0.6) is 5.75 Å². The molecule has 1 atom stereocenters. The van der Waals surface area contributed by atoms with Gasteiger partial charge in [0.25, 0.3) is 11.7 Å². The average Bonchev–Trinajstić information content (AvgIpc) is 3.03. The number of rotatable bonds is 9. The van der Waals surface area contributed by atoms with Crippen LogP contribution in [0.25, 0.3) is 5.76 Å². The van der Waals surface area contributed by atoms with Crippen molar-refractivity contribution in [3.05, 3.63) is 69.8 Å². The lowest BCUT2D eigenvalue weighted by Crippen LogP contribution is -2.32. The van der Waals surface area contributed by atoms with Crippen molar-refractivity contribution in [1.82, 2.24) is 4.90 Å². The van der Waals surface area contributed by atoms with E-state index in [0.717, 1.165) is 24.2 Å². The van der Waals surface area contributed by atoms with Gasteiger partial charge in [0, 0.05) is 24.2 Å². The molecule has 1 aliphatic rings. The molecule has 2 aromatic carbocycles. The van der Waals surface area contributed by atoms with E-state index >= 15 is 0 Å². The fourth-order valence-corrected chi connectivity index (χ4v) is 3.86. The number of Topliss-reactive ketones (excluding diaryl/α,β-unsaturated/α-hetero) is 1. The van der Waals surface area contributed by atoms with Crippen LogP contribution in [0.15, 0.2) is 48.0 Å². The molecule has 1 saturated heterocycles. The molecule has 170 valence electrons. The first-order chi connectivity index (χ1) is 15.4. The summed E-state index contributed by atoms with van der Waals surface area (Å²) < 4.78 is 10.9. The van der Waals surface area contributed by atoms with Gasteiger partial charge < -0.3 is 19.5 Å². The standard InChI is InChI=1S/C25H28ClNO5/c1-4-5-13-32-20-11-8-18(15-16(20)2)23(28)21-22(17-6-9-19(26)10-7-17)27(12-14-31-3)25(30)24(21)29/h6-11,15,22,28H,4-5,12-14H2,1-3H3/b23-21+. The van der Waals surface area contributed by atoms with Crippen LogP contribution in [-0.4, -0.2) is 48.6 Å². The first-order valence-corrected chi connectivity index (χ1v) is 11.0. The Morgan fingerprint density at radius 2 is 1.84 bits per heavy atom. The molecule has 0 aliphatic carbocycles. The molecule has 1 unspecified atom stereocenters. The molecular formula is C25H28ClNO5. The Morgan fingerprint density at radius 1 is 1.12 bits per heavy atom. The number of aliphatic hydroxyl groups is 1. The molecule has 1 aliphatic heterocycles. The number of unbranched alkanes of at least 4 members (excludes halogenated alkanes) is 1. The molecule has 0 bridgehead atoms. The van der Waals surface area contributed by atoms with E-state index in [2.05, 4.69) is 6.92 Å². The van der Waals surface area contributed by atoms with Crippen molar-refractivity contribution in [3.63, 3.8) is 0 Å². The fraction of sp³-hybridized carbons (Fsp3) is 0.360. The number of carbonyl (C=O) groups is 2. The fourth-order valence-electron chi connectivity index (χ4n) is 3.73. The zero-order chi connectivity index (χ0) is 23.3. The smallest absolute Gasteiger partial charge is 0.295 e. The number of halogens is 1. The second-order valence-electron chi connectivity index (χ2n) is 7.72. The van der Waals surface area contributed by atoms with E-state index in [1.807, 2.05) is 6.92 Å². The summed E-state index contributed by atoms with van der Waals surface area (Å²) in [5.74, 6) is -0.879. The monoisotopic (exact) mass is 457 g/mol. The summed E-state index contributed by atoms with van der Waals surface area (Å²) in [6.45, 7) is 5.07. The first-order valence-electron chi connectivity index (χ1n) is 10.7. The number of hydrogen-bond acceptors (Lipinski definition) is 5. The number of methoxy groups -OCH3 is 1. The molecule has 0 radical (unpaired) electrons. The van der Waals surface area contributed by atoms with Gasteiger partial charge in [0.15, 0.2) is 0 Å². The third-order valence-corrected chi connectivity index (χ3v) is 5.72. The van der Waals surface area contributed by atoms with Crippen LogP contribution in [0, 0.1) is 6.92 Å². The number of aliphatic hydroxyl groups excluding tert-OH is 1. The Hall–Kier alpha value is -2.83. The predicted molar refractivity (Wildman–Crippen MR) is 124 cm³/mol. The van der Waals surface area contributed by atoms with Crippen molar-refractivity contribution in [2.45, 2.75) is 32.7 Å². The van der Waals surface area contributed by atoms with Gasteiger partial charge in [0.05, 0.1) is 24.8 Å². The van der Waals surface area contributed by atoms with E-state index in [0.29, 0.717) is 22.8 Å². The van der Waals surface area contributed by atoms with Crippen molar-refractivity contribution in [2.75, 3.05) is 26.9 Å². The van der Waals surface area contributed by atoms with Gasteiger partial charge in [0.1, 0.15) is 11.5 Å². The largest absolute Gasteiger partial charge is 0.507 e. The van der Waals surface area contributed by atoms with Gasteiger partial charge in [-0.25, -0.2) is 0 Å². The summed E-state index contributed by atoms with van der Waals surface area (Å²) in [7, 11) is 1.53. The van der Waals surface area contributed by atoms with Crippen LogP contribution in [0.2, 0.25) is 5.02 Å². The highest BCUT2D eigenvalue weighted by molar-refractivity contribution is 6.46. The number of aryl methyl sites for hydroxylation is 1. The van der Waals surface area contributed by atoms with Crippen molar-refractivity contribution < 1.29 is 24.2 Å². The van der Waals surface area contributed by atoms with E-state index in [4.69, 9.17) is 21.1 Å². The van der Waals surface area contributed by atoms with E-state index in [-0.39, 0.29) is 24.5 Å². The number of likely N-dealkylation sites (tertiary alicyclic amines) is 1. The lowest BCUT2D eigenvalue weighted by Gasteiger charge is -2.25. The maximum Gasteiger partial charge on any atom is 0.295 e. The van der Waals surface area contributed by atoms with Crippen molar-refractivity contribution in [1.29, 1.82) is 0 Å². The van der Waals surface area contributed by atoms with Gasteiger partial charge in [-0.3, -0.25) is 9.59 Å². The Morgan fingerprint density at radius 3 is 2.47 bits per heavy atom. The van der Waals surface area contributed by atoms with Gasteiger partial charge >= 0.3 is 0 Å². The van der Waals surface area contributed by atoms with Gasteiger partial charge in [-0.1, -0.05) is 37.1 Å². The third-order valence-electron chi connectivity index (χ3n) is 5.47. The Kier molecular flexibility index (Phi) is 7.94. The number of hydrogen-bond donors (Lipinski definition) is 1. The minimum Gasteiger partial charge on any atom is -0.507 e. The third kappa shape index (κ3) is 4.97.